The number of pyridine rings is 1. The number of carbonyl (C=O) groups is 1. The number of ether oxygens (including phenoxy) is 2. The largest absolute Gasteiger partial charge is 0.453 e. The molecule has 3 N–H and O–H groups in total. The number of aromatic nitrogens is 2. The van der Waals surface area contributed by atoms with Crippen molar-refractivity contribution in [3.63, 3.8) is 0 Å². The minimum atomic E-state index is -3.05. The average molecular weight is 348 g/mol. The van der Waals surface area contributed by atoms with E-state index in [9.17, 15) is 13.6 Å². The van der Waals surface area contributed by atoms with E-state index in [0.717, 1.165) is 0 Å². The van der Waals surface area contributed by atoms with Crippen LogP contribution in [0.15, 0.2) is 42.7 Å². The van der Waals surface area contributed by atoms with Gasteiger partial charge in [-0.1, -0.05) is 0 Å². The maximum atomic E-state index is 12.8. The minimum absolute atomic E-state index is 0.0630. The van der Waals surface area contributed by atoms with E-state index in [-0.39, 0.29) is 17.3 Å². The summed E-state index contributed by atoms with van der Waals surface area (Å²) in [6.07, 6.45) is 2.95. The van der Waals surface area contributed by atoms with Gasteiger partial charge >= 0.3 is 12.6 Å². The molecule has 1 aromatic carbocycles. The summed E-state index contributed by atoms with van der Waals surface area (Å²) in [6.45, 7) is -3.05. The maximum Gasteiger partial charge on any atom is 0.387 e. The third kappa shape index (κ3) is 3.44. The summed E-state index contributed by atoms with van der Waals surface area (Å²) in [5.41, 5.74) is 5.98. The summed E-state index contributed by atoms with van der Waals surface area (Å²) in [7, 11) is 1.47. The summed E-state index contributed by atoms with van der Waals surface area (Å²) in [4.78, 5) is 15.7. The molecule has 0 aliphatic rings. The van der Waals surface area contributed by atoms with E-state index in [1.165, 1.54) is 48.3 Å². The zero-order valence-electron chi connectivity index (χ0n) is 13.1. The van der Waals surface area contributed by atoms with E-state index in [0.29, 0.717) is 16.7 Å². The molecule has 0 unspecified atom stereocenters. The topological polar surface area (TPSA) is 91.4 Å². The lowest BCUT2D eigenvalue weighted by molar-refractivity contribution is -0.0509. The van der Waals surface area contributed by atoms with Crippen molar-refractivity contribution in [3.8, 4) is 17.2 Å². The van der Waals surface area contributed by atoms with E-state index < -0.39 is 12.6 Å². The Hall–Kier alpha value is -3.36. The van der Waals surface area contributed by atoms with Crippen molar-refractivity contribution in [1.82, 2.24) is 14.9 Å². The number of nitrogen functional groups attached to an aromatic ring is 1. The summed E-state index contributed by atoms with van der Waals surface area (Å²) in [5.74, 6) is 0.396. The molecular formula is C16H14F2N4O3. The van der Waals surface area contributed by atoms with Crippen molar-refractivity contribution >= 4 is 22.8 Å². The molecule has 3 aromatic rings. The number of rotatable bonds is 4. The number of nitrogens with one attached hydrogen (secondary N) is 1. The van der Waals surface area contributed by atoms with E-state index >= 15 is 0 Å². The van der Waals surface area contributed by atoms with Crippen molar-refractivity contribution in [1.29, 1.82) is 0 Å². The maximum absolute atomic E-state index is 12.8. The molecule has 2 aromatic heterocycles. The Balaban J connectivity index is 2.08. The minimum Gasteiger partial charge on any atom is -0.453 e. The predicted octanol–water partition coefficient (Wildman–Crippen LogP) is 3.20. The third-order valence-corrected chi connectivity index (χ3v) is 3.38. The summed E-state index contributed by atoms with van der Waals surface area (Å²) in [5, 5.41) is 3.08. The Morgan fingerprint density at radius 2 is 2.08 bits per heavy atom. The van der Waals surface area contributed by atoms with Gasteiger partial charge in [0, 0.05) is 37.0 Å². The average Bonchev–Trinajstić information content (AvgIpc) is 2.96. The Labute approximate surface area is 141 Å². The molecule has 0 aliphatic heterocycles. The highest BCUT2D eigenvalue weighted by atomic mass is 19.3. The highest BCUT2D eigenvalue weighted by molar-refractivity contribution is 5.93. The van der Waals surface area contributed by atoms with E-state index in [4.69, 9.17) is 10.5 Å². The predicted molar refractivity (Wildman–Crippen MR) is 87.1 cm³/mol. The van der Waals surface area contributed by atoms with E-state index in [1.54, 1.807) is 6.07 Å². The number of amides is 1. The standard InChI is InChI=1S/C16H14F2N4O3/c1-20-16(23)22-5-3-9-6-12(13(8-11(9)22)25-15(17)18)24-10-2-4-21-14(19)7-10/h2-8,15H,1H3,(H2,19,21)(H,20,23). The van der Waals surface area contributed by atoms with Crippen LogP contribution in [0.3, 0.4) is 0 Å². The second-order valence-electron chi connectivity index (χ2n) is 5.00. The molecule has 1 amide bonds. The number of hydrogen-bond donors (Lipinski definition) is 2. The first kappa shape index (κ1) is 16.5. The normalized spacial score (nSPS) is 10.9. The third-order valence-electron chi connectivity index (χ3n) is 3.38. The van der Waals surface area contributed by atoms with Crippen molar-refractivity contribution in [2.45, 2.75) is 6.61 Å². The number of nitrogens with zero attached hydrogens (tertiary/aromatic N) is 2. The first-order valence-electron chi connectivity index (χ1n) is 7.19. The van der Waals surface area contributed by atoms with Gasteiger partial charge < -0.3 is 20.5 Å². The fraction of sp³-hybridized carbons (Fsp3) is 0.125. The van der Waals surface area contributed by atoms with Gasteiger partial charge in [0.05, 0.1) is 5.52 Å². The number of anilines is 1. The molecule has 0 radical (unpaired) electrons. The van der Waals surface area contributed by atoms with Crippen LogP contribution in [0.25, 0.3) is 10.9 Å². The monoisotopic (exact) mass is 348 g/mol. The van der Waals surface area contributed by atoms with E-state index in [2.05, 4.69) is 15.0 Å². The lowest BCUT2D eigenvalue weighted by Crippen LogP contribution is -2.23. The number of fused-ring (bicyclic) bond motifs is 1. The molecule has 0 saturated carbocycles. The Morgan fingerprint density at radius 3 is 2.76 bits per heavy atom. The molecule has 0 atom stereocenters. The van der Waals surface area contributed by atoms with Crippen molar-refractivity contribution in [2.75, 3.05) is 12.8 Å². The molecule has 2 heterocycles. The quantitative estimate of drug-likeness (QED) is 0.755. The molecule has 25 heavy (non-hydrogen) atoms. The van der Waals surface area contributed by atoms with Crippen molar-refractivity contribution < 1.29 is 23.0 Å². The Morgan fingerprint density at radius 1 is 1.28 bits per heavy atom. The van der Waals surface area contributed by atoms with Gasteiger partial charge in [-0.3, -0.25) is 4.57 Å². The molecule has 0 saturated heterocycles. The highest BCUT2D eigenvalue weighted by Crippen LogP contribution is 2.37. The second-order valence-corrected chi connectivity index (χ2v) is 5.00. The van der Waals surface area contributed by atoms with Gasteiger partial charge in [0.15, 0.2) is 11.5 Å². The number of alkyl halides is 2. The molecule has 0 fully saturated rings. The van der Waals surface area contributed by atoms with Crippen LogP contribution in [0, 0.1) is 0 Å². The van der Waals surface area contributed by atoms with Crippen LogP contribution in [0.1, 0.15) is 0 Å². The van der Waals surface area contributed by atoms with Crippen molar-refractivity contribution in [3.05, 3.63) is 42.7 Å². The number of hydrogen-bond acceptors (Lipinski definition) is 5. The molecule has 130 valence electrons. The summed E-state index contributed by atoms with van der Waals surface area (Å²) in [6, 6.07) is 7.05. The lowest BCUT2D eigenvalue weighted by atomic mass is 10.2. The first-order chi connectivity index (χ1) is 12.0. The highest BCUT2D eigenvalue weighted by Gasteiger charge is 2.17. The van der Waals surface area contributed by atoms with E-state index in [1.807, 2.05) is 0 Å². The van der Waals surface area contributed by atoms with Gasteiger partial charge in [-0.25, -0.2) is 9.78 Å². The van der Waals surface area contributed by atoms with Crippen LogP contribution in [0.5, 0.6) is 17.2 Å². The van der Waals surface area contributed by atoms with Crippen LogP contribution in [0.2, 0.25) is 0 Å². The SMILES string of the molecule is CNC(=O)n1ccc2cc(Oc3ccnc(N)c3)c(OC(F)F)cc21. The molecule has 3 rings (SSSR count). The van der Waals surface area contributed by atoms with Crippen LogP contribution in [-0.2, 0) is 0 Å². The van der Waals surface area contributed by atoms with Crippen LogP contribution in [-0.4, -0.2) is 29.2 Å². The summed E-state index contributed by atoms with van der Waals surface area (Å²) >= 11 is 0. The van der Waals surface area contributed by atoms with Gasteiger partial charge in [-0.05, 0) is 18.2 Å². The lowest BCUT2D eigenvalue weighted by Gasteiger charge is -2.13. The number of halogens is 2. The first-order valence-corrected chi connectivity index (χ1v) is 7.19. The molecule has 0 aliphatic carbocycles. The fourth-order valence-electron chi connectivity index (χ4n) is 2.33. The van der Waals surface area contributed by atoms with Gasteiger partial charge in [0.1, 0.15) is 11.6 Å². The van der Waals surface area contributed by atoms with Crippen LogP contribution in [0.4, 0.5) is 19.4 Å². The molecule has 9 heteroatoms. The van der Waals surface area contributed by atoms with Crippen molar-refractivity contribution in [2.24, 2.45) is 0 Å². The zero-order valence-corrected chi connectivity index (χ0v) is 13.1. The molecule has 7 nitrogen and oxygen atoms in total. The summed E-state index contributed by atoms with van der Waals surface area (Å²) < 4.78 is 37.0. The fourth-order valence-corrected chi connectivity index (χ4v) is 2.33. The Bertz CT molecular complexity index is 927. The number of nitrogens with two attached hydrogens (primary N) is 1. The van der Waals surface area contributed by atoms with Crippen LogP contribution >= 0.6 is 0 Å². The smallest absolute Gasteiger partial charge is 0.387 e. The van der Waals surface area contributed by atoms with Gasteiger partial charge in [0.2, 0.25) is 0 Å². The zero-order chi connectivity index (χ0) is 18.0. The molecule has 0 spiro atoms. The number of carbonyl (C=O) groups excluding carboxylic acids is 1. The molecular weight excluding hydrogens is 334 g/mol. The van der Waals surface area contributed by atoms with Gasteiger partial charge in [-0.15, -0.1) is 0 Å². The molecule has 0 bridgehead atoms. The van der Waals surface area contributed by atoms with Gasteiger partial charge in [0.25, 0.3) is 0 Å². The Kier molecular flexibility index (Phi) is 4.38. The number of benzene rings is 1. The van der Waals surface area contributed by atoms with Crippen LogP contribution < -0.4 is 20.5 Å². The van der Waals surface area contributed by atoms with Gasteiger partial charge in [-0.2, -0.15) is 8.78 Å². The second kappa shape index (κ2) is 6.63.